The van der Waals surface area contributed by atoms with E-state index in [2.05, 4.69) is 40.2 Å². The summed E-state index contributed by atoms with van der Waals surface area (Å²) in [6.45, 7) is 4.49. The Morgan fingerprint density at radius 1 is 1.50 bits per heavy atom. The molecule has 0 spiro atoms. The molecule has 2 rings (SSSR count). The van der Waals surface area contributed by atoms with E-state index in [1.54, 1.807) is 10.9 Å². The third-order valence-corrected chi connectivity index (χ3v) is 4.60. The minimum absolute atomic E-state index is 0.0755. The summed E-state index contributed by atoms with van der Waals surface area (Å²) >= 11 is 3.37. The van der Waals surface area contributed by atoms with E-state index >= 15 is 0 Å². The molecule has 1 aliphatic carbocycles. The Hall–Kier alpha value is -0.840. The molecular formula is C13H20BrN3O. The van der Waals surface area contributed by atoms with Gasteiger partial charge in [0.05, 0.1) is 4.47 Å². The van der Waals surface area contributed by atoms with Gasteiger partial charge < -0.3 is 5.32 Å². The van der Waals surface area contributed by atoms with Crippen LogP contribution in [0.1, 0.15) is 43.6 Å². The van der Waals surface area contributed by atoms with Gasteiger partial charge in [0.1, 0.15) is 0 Å². The lowest BCUT2D eigenvalue weighted by molar-refractivity contribution is 0.0884. The van der Waals surface area contributed by atoms with E-state index in [9.17, 15) is 4.79 Å². The number of hydrogen-bond donors (Lipinski definition) is 1. The zero-order valence-electron chi connectivity index (χ0n) is 11.1. The van der Waals surface area contributed by atoms with Crippen molar-refractivity contribution in [3.05, 3.63) is 16.4 Å². The Morgan fingerprint density at radius 3 is 2.83 bits per heavy atom. The molecule has 1 amide bonds. The molecule has 4 nitrogen and oxygen atoms in total. The van der Waals surface area contributed by atoms with E-state index in [0.29, 0.717) is 17.5 Å². The van der Waals surface area contributed by atoms with Crippen LogP contribution in [0, 0.1) is 11.8 Å². The quantitative estimate of drug-likeness (QED) is 0.912. The van der Waals surface area contributed by atoms with Crippen molar-refractivity contribution in [3.8, 4) is 0 Å². The second kappa shape index (κ2) is 5.43. The van der Waals surface area contributed by atoms with Gasteiger partial charge in [-0.25, -0.2) is 0 Å². The summed E-state index contributed by atoms with van der Waals surface area (Å²) in [7, 11) is 1.81. The number of amides is 1. The monoisotopic (exact) mass is 313 g/mol. The largest absolute Gasteiger partial charge is 0.348 e. The molecule has 1 saturated carbocycles. The lowest BCUT2D eigenvalue weighted by atomic mass is 9.78. The van der Waals surface area contributed by atoms with Crippen molar-refractivity contribution in [2.24, 2.45) is 18.9 Å². The molecule has 1 N–H and O–H groups in total. The number of nitrogens with zero attached hydrogens (tertiary/aromatic N) is 2. The lowest BCUT2D eigenvalue weighted by Gasteiger charge is -2.34. The van der Waals surface area contributed by atoms with Crippen LogP contribution in [0.15, 0.2) is 10.7 Å². The Balaban J connectivity index is 2.05. The van der Waals surface area contributed by atoms with Crippen molar-refractivity contribution in [2.75, 3.05) is 0 Å². The molecule has 0 saturated heterocycles. The average molecular weight is 314 g/mol. The number of nitrogens with one attached hydrogen (secondary N) is 1. The zero-order valence-corrected chi connectivity index (χ0v) is 12.7. The van der Waals surface area contributed by atoms with Crippen LogP contribution in [0.2, 0.25) is 0 Å². The van der Waals surface area contributed by atoms with Crippen molar-refractivity contribution in [1.29, 1.82) is 0 Å². The van der Waals surface area contributed by atoms with Crippen LogP contribution in [-0.4, -0.2) is 21.7 Å². The highest BCUT2D eigenvalue weighted by molar-refractivity contribution is 9.10. The summed E-state index contributed by atoms with van der Waals surface area (Å²) in [5, 5.41) is 7.30. The third kappa shape index (κ3) is 2.76. The number of aromatic nitrogens is 2. The highest BCUT2D eigenvalue weighted by Crippen LogP contribution is 2.29. The van der Waals surface area contributed by atoms with Crippen LogP contribution in [0.5, 0.6) is 0 Å². The van der Waals surface area contributed by atoms with Gasteiger partial charge in [-0.1, -0.05) is 26.7 Å². The average Bonchev–Trinajstić information content (AvgIpc) is 2.64. The zero-order chi connectivity index (χ0) is 13.3. The summed E-state index contributed by atoms with van der Waals surface area (Å²) in [6.07, 6.45) is 5.32. The normalized spacial score (nSPS) is 28.1. The Bertz CT molecular complexity index is 443. The first kappa shape index (κ1) is 13.6. The molecule has 100 valence electrons. The topological polar surface area (TPSA) is 46.9 Å². The van der Waals surface area contributed by atoms with Gasteiger partial charge in [0.2, 0.25) is 0 Å². The maximum atomic E-state index is 12.2. The van der Waals surface area contributed by atoms with Gasteiger partial charge in [-0.15, -0.1) is 0 Å². The fraction of sp³-hybridized carbons (Fsp3) is 0.692. The smallest absolute Gasteiger partial charge is 0.273 e. The van der Waals surface area contributed by atoms with E-state index < -0.39 is 0 Å². The first-order valence-corrected chi connectivity index (χ1v) is 7.28. The molecule has 1 fully saturated rings. The standard InChI is InChI=1S/C13H20BrN3O/c1-8-5-4-6-11(9(8)2)15-13(18)12-10(14)7-17(3)16-12/h7-9,11H,4-6H2,1-3H3,(H,15,18)/t8-,9+,11-/m1/s1. The summed E-state index contributed by atoms with van der Waals surface area (Å²) in [6, 6.07) is 0.273. The predicted octanol–water partition coefficient (Wildman–Crippen LogP) is 2.74. The fourth-order valence-corrected chi connectivity index (χ4v) is 3.19. The minimum atomic E-state index is -0.0755. The third-order valence-electron chi connectivity index (χ3n) is 4.02. The van der Waals surface area contributed by atoms with Gasteiger partial charge in [0, 0.05) is 19.3 Å². The molecule has 0 bridgehead atoms. The molecule has 18 heavy (non-hydrogen) atoms. The van der Waals surface area contributed by atoms with Crippen LogP contribution < -0.4 is 5.32 Å². The van der Waals surface area contributed by atoms with Crippen LogP contribution in [-0.2, 0) is 7.05 Å². The number of aryl methyl sites for hydroxylation is 1. The number of halogens is 1. The Morgan fingerprint density at radius 2 is 2.22 bits per heavy atom. The Labute approximate surface area is 116 Å². The van der Waals surface area contributed by atoms with Gasteiger partial charge in [-0.05, 0) is 34.2 Å². The van der Waals surface area contributed by atoms with Gasteiger partial charge in [0.15, 0.2) is 5.69 Å². The van der Waals surface area contributed by atoms with Crippen molar-refractivity contribution in [3.63, 3.8) is 0 Å². The molecule has 0 aliphatic heterocycles. The van der Waals surface area contributed by atoms with Crippen molar-refractivity contribution < 1.29 is 4.79 Å². The van der Waals surface area contributed by atoms with Crippen molar-refractivity contribution in [1.82, 2.24) is 15.1 Å². The molecule has 5 heteroatoms. The minimum Gasteiger partial charge on any atom is -0.348 e. The second-order valence-electron chi connectivity index (χ2n) is 5.35. The maximum absolute atomic E-state index is 12.2. The van der Waals surface area contributed by atoms with Crippen LogP contribution in [0.4, 0.5) is 0 Å². The molecule has 3 atom stereocenters. The second-order valence-corrected chi connectivity index (χ2v) is 6.20. The summed E-state index contributed by atoms with van der Waals surface area (Å²) < 4.78 is 2.39. The van der Waals surface area contributed by atoms with Gasteiger partial charge in [0.25, 0.3) is 5.91 Å². The maximum Gasteiger partial charge on any atom is 0.273 e. The SMILES string of the molecule is C[C@H]1[C@H](C)CCC[C@H]1NC(=O)c1nn(C)cc1Br. The number of rotatable bonds is 2. The molecule has 0 radical (unpaired) electrons. The number of hydrogen-bond acceptors (Lipinski definition) is 2. The molecule has 1 aliphatic rings. The van der Waals surface area contributed by atoms with Crippen LogP contribution >= 0.6 is 15.9 Å². The molecule has 1 aromatic heterocycles. The van der Waals surface area contributed by atoms with E-state index in [-0.39, 0.29) is 11.9 Å². The predicted molar refractivity (Wildman–Crippen MR) is 74.3 cm³/mol. The first-order chi connectivity index (χ1) is 8.49. The van der Waals surface area contributed by atoms with E-state index in [1.165, 1.54) is 12.8 Å². The molecule has 1 aromatic rings. The summed E-state index contributed by atoms with van der Waals surface area (Å²) in [4.78, 5) is 12.2. The van der Waals surface area contributed by atoms with Gasteiger partial charge in [-0.2, -0.15) is 5.10 Å². The fourth-order valence-electron chi connectivity index (χ4n) is 2.64. The highest BCUT2D eigenvalue weighted by atomic mass is 79.9. The summed E-state index contributed by atoms with van der Waals surface area (Å²) in [5.74, 6) is 1.13. The number of carbonyl (C=O) groups is 1. The van der Waals surface area contributed by atoms with Crippen LogP contribution in [0.25, 0.3) is 0 Å². The summed E-state index contributed by atoms with van der Waals surface area (Å²) in [5.41, 5.74) is 0.475. The molecule has 0 aromatic carbocycles. The van der Waals surface area contributed by atoms with Crippen LogP contribution in [0.3, 0.4) is 0 Å². The number of carbonyl (C=O) groups excluding carboxylic acids is 1. The van der Waals surface area contributed by atoms with Crippen molar-refractivity contribution in [2.45, 2.75) is 39.2 Å². The molecular weight excluding hydrogens is 294 g/mol. The van der Waals surface area contributed by atoms with E-state index in [4.69, 9.17) is 0 Å². The molecule has 1 heterocycles. The van der Waals surface area contributed by atoms with Gasteiger partial charge >= 0.3 is 0 Å². The highest BCUT2D eigenvalue weighted by Gasteiger charge is 2.29. The van der Waals surface area contributed by atoms with Crippen molar-refractivity contribution >= 4 is 21.8 Å². The molecule has 0 unspecified atom stereocenters. The van der Waals surface area contributed by atoms with E-state index in [1.807, 2.05) is 7.05 Å². The van der Waals surface area contributed by atoms with E-state index in [0.717, 1.165) is 10.9 Å². The first-order valence-electron chi connectivity index (χ1n) is 6.49. The van der Waals surface area contributed by atoms with Gasteiger partial charge in [-0.3, -0.25) is 9.48 Å². The Kier molecular flexibility index (Phi) is 4.10. The lowest BCUT2D eigenvalue weighted by Crippen LogP contribution is -2.43.